The van der Waals surface area contributed by atoms with E-state index in [1.54, 1.807) is 60.8 Å². The van der Waals surface area contributed by atoms with E-state index in [1.807, 2.05) is 0 Å². The van der Waals surface area contributed by atoms with E-state index in [0.717, 1.165) is 0 Å². The molecule has 4 rings (SSSR count). The molecule has 0 spiro atoms. The summed E-state index contributed by atoms with van der Waals surface area (Å²) in [6.07, 6.45) is 2.95. The number of fused-ring (bicyclic) bond motifs is 1. The molecule has 0 saturated heterocycles. The van der Waals surface area contributed by atoms with Gasteiger partial charge in [0.2, 0.25) is 5.65 Å². The molecule has 9 heteroatoms. The summed E-state index contributed by atoms with van der Waals surface area (Å²) in [7, 11) is 0. The van der Waals surface area contributed by atoms with E-state index in [-0.39, 0.29) is 23.4 Å². The molecule has 0 saturated carbocycles. The van der Waals surface area contributed by atoms with Gasteiger partial charge in [0.05, 0.1) is 12.5 Å². The second kappa shape index (κ2) is 6.64. The molecule has 1 aromatic carbocycles. The summed E-state index contributed by atoms with van der Waals surface area (Å²) in [5.74, 6) is -0.225. The van der Waals surface area contributed by atoms with Crippen LogP contribution in [0, 0.1) is 10.1 Å². The molecule has 3 aromatic heterocycles. The lowest BCUT2D eigenvalue weighted by Gasteiger charge is -2.05. The number of furan rings is 1. The molecule has 0 bridgehead atoms. The van der Waals surface area contributed by atoms with Gasteiger partial charge < -0.3 is 24.6 Å². The largest absolute Gasteiger partial charge is 0.459 e. The quantitative estimate of drug-likeness (QED) is 0.425. The van der Waals surface area contributed by atoms with Gasteiger partial charge in [-0.25, -0.2) is 0 Å². The Bertz CT molecular complexity index is 1120. The van der Waals surface area contributed by atoms with Crippen LogP contribution >= 0.6 is 0 Å². The molecule has 3 heterocycles. The molecule has 0 unspecified atom stereocenters. The lowest BCUT2D eigenvalue weighted by atomic mass is 10.3. The van der Waals surface area contributed by atoms with Crippen molar-refractivity contribution in [3.63, 3.8) is 0 Å². The molecule has 4 aromatic rings. The van der Waals surface area contributed by atoms with Crippen molar-refractivity contribution in [1.82, 2.24) is 9.38 Å². The molecule has 0 aliphatic heterocycles. The fourth-order valence-electron chi connectivity index (χ4n) is 2.51. The number of nitro groups is 1. The second-order valence-corrected chi connectivity index (χ2v) is 5.48. The lowest BCUT2D eigenvalue weighted by molar-refractivity contribution is -0.391. The normalized spacial score (nSPS) is 10.7. The molecule has 0 atom stereocenters. The van der Waals surface area contributed by atoms with Crippen LogP contribution in [0.2, 0.25) is 0 Å². The molecule has 134 valence electrons. The Labute approximate surface area is 152 Å². The molecule has 9 nitrogen and oxygen atoms in total. The van der Waals surface area contributed by atoms with E-state index in [0.29, 0.717) is 17.1 Å². The standard InChI is InChI=1S/C18H12N4O5/c23-16(14-4-3-11-26-14)19-12-6-8-13(9-7-12)27-17-18(22(24)25)21-10-2-1-5-15(21)20-17/h1-11H,(H,19,23). The number of amides is 1. The van der Waals surface area contributed by atoms with Gasteiger partial charge in [-0.05, 0) is 47.4 Å². The number of carbonyl (C=O) groups is 1. The highest BCUT2D eigenvalue weighted by molar-refractivity contribution is 6.02. The predicted molar refractivity (Wildman–Crippen MR) is 95.0 cm³/mol. The first-order valence-electron chi connectivity index (χ1n) is 7.86. The lowest BCUT2D eigenvalue weighted by Crippen LogP contribution is -2.10. The number of benzene rings is 1. The smallest absolute Gasteiger partial charge is 0.392 e. The highest BCUT2D eigenvalue weighted by atomic mass is 16.6. The number of rotatable bonds is 5. The van der Waals surface area contributed by atoms with Gasteiger partial charge in [0.25, 0.3) is 5.91 Å². The fourth-order valence-corrected chi connectivity index (χ4v) is 2.51. The number of pyridine rings is 1. The third-order valence-electron chi connectivity index (χ3n) is 3.72. The molecule has 0 fully saturated rings. The van der Waals surface area contributed by atoms with Crippen LogP contribution in [0.3, 0.4) is 0 Å². The first kappa shape index (κ1) is 16.3. The average Bonchev–Trinajstić information content (AvgIpc) is 3.30. The SMILES string of the molecule is O=C(Nc1ccc(Oc2nc3ccccn3c2[N+](=O)[O-])cc1)c1ccco1. The Morgan fingerprint density at radius 1 is 1.15 bits per heavy atom. The van der Waals surface area contributed by atoms with Gasteiger partial charge in [0.15, 0.2) is 5.76 Å². The number of anilines is 1. The van der Waals surface area contributed by atoms with Crippen molar-refractivity contribution in [2.24, 2.45) is 0 Å². The topological polar surface area (TPSA) is 112 Å². The zero-order chi connectivity index (χ0) is 18.8. The van der Waals surface area contributed by atoms with Crippen LogP contribution in [0.25, 0.3) is 5.65 Å². The zero-order valence-electron chi connectivity index (χ0n) is 13.7. The number of imidazole rings is 1. The summed E-state index contributed by atoms with van der Waals surface area (Å²) in [5, 5.41) is 14.1. The number of hydrogen-bond acceptors (Lipinski definition) is 6. The Morgan fingerprint density at radius 2 is 1.96 bits per heavy atom. The predicted octanol–water partition coefficient (Wildman–Crippen LogP) is 3.88. The maximum absolute atomic E-state index is 11.9. The summed E-state index contributed by atoms with van der Waals surface area (Å²) >= 11 is 0. The Hall–Kier alpha value is -4.14. The first-order chi connectivity index (χ1) is 13.1. The Balaban J connectivity index is 1.55. The van der Waals surface area contributed by atoms with Crippen molar-refractivity contribution in [3.05, 3.63) is 82.9 Å². The van der Waals surface area contributed by atoms with Gasteiger partial charge in [0.1, 0.15) is 5.75 Å². The molecule has 0 aliphatic rings. The van der Waals surface area contributed by atoms with Crippen LogP contribution in [0.4, 0.5) is 11.5 Å². The van der Waals surface area contributed by atoms with E-state index < -0.39 is 4.92 Å². The van der Waals surface area contributed by atoms with Crippen molar-refractivity contribution in [2.75, 3.05) is 5.32 Å². The minimum Gasteiger partial charge on any atom is -0.459 e. The van der Waals surface area contributed by atoms with E-state index in [9.17, 15) is 14.9 Å². The molecule has 1 amide bonds. The zero-order valence-corrected chi connectivity index (χ0v) is 13.7. The van der Waals surface area contributed by atoms with Crippen LogP contribution in [-0.2, 0) is 0 Å². The summed E-state index contributed by atoms with van der Waals surface area (Å²) in [5.41, 5.74) is 0.926. The van der Waals surface area contributed by atoms with E-state index >= 15 is 0 Å². The maximum atomic E-state index is 11.9. The molecule has 27 heavy (non-hydrogen) atoms. The second-order valence-electron chi connectivity index (χ2n) is 5.48. The highest BCUT2D eigenvalue weighted by Crippen LogP contribution is 2.32. The minimum atomic E-state index is -0.548. The molecule has 1 N–H and O–H groups in total. The summed E-state index contributed by atoms with van der Waals surface area (Å²) < 4.78 is 11.9. The van der Waals surface area contributed by atoms with Crippen LogP contribution in [0.5, 0.6) is 11.6 Å². The van der Waals surface area contributed by atoms with Crippen molar-refractivity contribution in [2.45, 2.75) is 0 Å². The maximum Gasteiger partial charge on any atom is 0.392 e. The van der Waals surface area contributed by atoms with Crippen LogP contribution in [-0.4, -0.2) is 20.2 Å². The van der Waals surface area contributed by atoms with Crippen molar-refractivity contribution in [3.8, 4) is 11.6 Å². The van der Waals surface area contributed by atoms with Crippen molar-refractivity contribution >= 4 is 23.1 Å². The Kier molecular flexibility index (Phi) is 4.01. The number of carbonyl (C=O) groups excluding carboxylic acids is 1. The number of nitrogens with one attached hydrogen (secondary N) is 1. The van der Waals surface area contributed by atoms with Gasteiger partial charge in [-0.2, -0.15) is 9.38 Å². The number of nitrogens with zero attached hydrogens (tertiary/aromatic N) is 3. The van der Waals surface area contributed by atoms with E-state index in [4.69, 9.17) is 9.15 Å². The summed E-state index contributed by atoms with van der Waals surface area (Å²) in [4.78, 5) is 26.9. The summed E-state index contributed by atoms with van der Waals surface area (Å²) in [6.45, 7) is 0. The number of hydrogen-bond donors (Lipinski definition) is 1. The average molecular weight is 364 g/mol. The van der Waals surface area contributed by atoms with Gasteiger partial charge in [0, 0.05) is 11.8 Å². The monoisotopic (exact) mass is 364 g/mol. The fraction of sp³-hybridized carbons (Fsp3) is 0. The molecule has 0 radical (unpaired) electrons. The van der Waals surface area contributed by atoms with Crippen LogP contribution in [0.1, 0.15) is 10.6 Å². The van der Waals surface area contributed by atoms with Gasteiger partial charge >= 0.3 is 11.7 Å². The minimum absolute atomic E-state index is 0.112. The first-order valence-corrected chi connectivity index (χ1v) is 7.86. The van der Waals surface area contributed by atoms with E-state index in [2.05, 4.69) is 10.3 Å². The van der Waals surface area contributed by atoms with Gasteiger partial charge in [-0.3, -0.25) is 4.79 Å². The number of aromatic nitrogens is 2. The van der Waals surface area contributed by atoms with Gasteiger partial charge in [-0.15, -0.1) is 0 Å². The van der Waals surface area contributed by atoms with Crippen LogP contribution in [0.15, 0.2) is 71.5 Å². The van der Waals surface area contributed by atoms with Gasteiger partial charge in [-0.1, -0.05) is 6.07 Å². The van der Waals surface area contributed by atoms with E-state index in [1.165, 1.54) is 10.7 Å². The number of ether oxygens (including phenoxy) is 1. The van der Waals surface area contributed by atoms with Crippen molar-refractivity contribution in [1.29, 1.82) is 0 Å². The summed E-state index contributed by atoms with van der Waals surface area (Å²) in [6, 6.07) is 14.6. The van der Waals surface area contributed by atoms with Crippen LogP contribution < -0.4 is 10.1 Å². The Morgan fingerprint density at radius 3 is 2.67 bits per heavy atom. The third kappa shape index (κ3) is 3.21. The molecular weight excluding hydrogens is 352 g/mol. The molecule has 0 aliphatic carbocycles. The third-order valence-corrected chi connectivity index (χ3v) is 3.72. The van der Waals surface area contributed by atoms with Crippen molar-refractivity contribution < 1.29 is 18.9 Å². The molecular formula is C18H12N4O5. The highest BCUT2D eigenvalue weighted by Gasteiger charge is 2.24.